The fraction of sp³-hybridized carbons (Fsp3) is 0.600. The van der Waals surface area contributed by atoms with Crippen LogP contribution in [0.15, 0.2) is 22.7 Å². The second-order valence-corrected chi connectivity index (χ2v) is 7.05. The van der Waals surface area contributed by atoms with Gasteiger partial charge in [0.1, 0.15) is 0 Å². The molecule has 106 valence electrons. The molecule has 0 aromatic heterocycles. The second-order valence-electron chi connectivity index (χ2n) is 5.73. The molecule has 2 unspecified atom stereocenters. The predicted molar refractivity (Wildman–Crippen MR) is 83.4 cm³/mol. The van der Waals surface area contributed by atoms with Gasteiger partial charge in [-0.3, -0.25) is 0 Å². The van der Waals surface area contributed by atoms with Crippen molar-refractivity contribution in [3.05, 3.63) is 33.3 Å². The molecule has 2 nitrogen and oxygen atoms in total. The number of hydrogen-bond acceptors (Lipinski definition) is 2. The average molecular weight is 347 g/mol. The third-order valence-electron chi connectivity index (χ3n) is 4.06. The molecule has 19 heavy (non-hydrogen) atoms. The highest BCUT2D eigenvalue weighted by Crippen LogP contribution is 2.32. The first-order valence-electron chi connectivity index (χ1n) is 6.84. The Labute approximate surface area is 128 Å². The van der Waals surface area contributed by atoms with Gasteiger partial charge < -0.3 is 10.4 Å². The third-order valence-corrected chi connectivity index (χ3v) is 4.91. The summed E-state index contributed by atoms with van der Waals surface area (Å²) in [6, 6.07) is 5.93. The summed E-state index contributed by atoms with van der Waals surface area (Å²) in [7, 11) is 0. The Balaban J connectivity index is 2.03. The number of rotatable bonds is 4. The Morgan fingerprint density at radius 2 is 2.32 bits per heavy atom. The van der Waals surface area contributed by atoms with Gasteiger partial charge in [0.25, 0.3) is 0 Å². The van der Waals surface area contributed by atoms with Crippen LogP contribution in [-0.2, 0) is 6.54 Å². The molecule has 1 aliphatic rings. The summed E-state index contributed by atoms with van der Waals surface area (Å²) in [5, 5.41) is 14.1. The van der Waals surface area contributed by atoms with Crippen LogP contribution in [0.25, 0.3) is 0 Å². The van der Waals surface area contributed by atoms with Crippen molar-refractivity contribution in [1.29, 1.82) is 0 Å². The van der Waals surface area contributed by atoms with E-state index < -0.39 is 0 Å². The van der Waals surface area contributed by atoms with Crippen molar-refractivity contribution in [1.82, 2.24) is 5.32 Å². The van der Waals surface area contributed by atoms with E-state index in [1.807, 2.05) is 18.2 Å². The van der Waals surface area contributed by atoms with Crippen LogP contribution < -0.4 is 5.32 Å². The molecular weight excluding hydrogens is 326 g/mol. The number of benzene rings is 1. The SMILES string of the molecule is CC1CCCC(CO)(NCc2ccc(Br)cc2Cl)C1. The third kappa shape index (κ3) is 3.94. The first-order valence-corrected chi connectivity index (χ1v) is 8.01. The number of aliphatic hydroxyl groups is 1. The summed E-state index contributed by atoms with van der Waals surface area (Å²) < 4.78 is 0.990. The Morgan fingerprint density at radius 1 is 1.53 bits per heavy atom. The standard InChI is InChI=1S/C15H21BrClNO/c1-11-3-2-6-15(8-11,10-19)18-9-12-4-5-13(16)7-14(12)17/h4-5,7,11,18-19H,2-3,6,8-10H2,1H3. The van der Waals surface area contributed by atoms with Crippen LogP contribution in [0.2, 0.25) is 5.02 Å². The maximum Gasteiger partial charge on any atom is 0.0613 e. The molecule has 4 heteroatoms. The maximum absolute atomic E-state index is 9.75. The summed E-state index contributed by atoms with van der Waals surface area (Å²) in [5.74, 6) is 0.675. The normalized spacial score (nSPS) is 27.5. The van der Waals surface area contributed by atoms with E-state index in [-0.39, 0.29) is 12.1 Å². The molecule has 2 atom stereocenters. The zero-order valence-corrected chi connectivity index (χ0v) is 13.6. The van der Waals surface area contributed by atoms with E-state index >= 15 is 0 Å². The number of nitrogens with one attached hydrogen (secondary N) is 1. The first-order chi connectivity index (χ1) is 9.04. The minimum Gasteiger partial charge on any atom is -0.394 e. The van der Waals surface area contributed by atoms with E-state index in [1.54, 1.807) is 0 Å². The number of aliphatic hydroxyl groups excluding tert-OH is 1. The molecule has 0 aliphatic heterocycles. The van der Waals surface area contributed by atoms with Gasteiger partial charge in [0.2, 0.25) is 0 Å². The van der Waals surface area contributed by atoms with Gasteiger partial charge in [0.05, 0.1) is 6.61 Å². The fourth-order valence-electron chi connectivity index (χ4n) is 2.97. The van der Waals surface area contributed by atoms with E-state index in [1.165, 1.54) is 12.8 Å². The number of hydrogen-bond donors (Lipinski definition) is 2. The lowest BCUT2D eigenvalue weighted by atomic mass is 9.77. The Kier molecular flexibility index (Phi) is 5.29. The molecule has 1 aromatic carbocycles. The summed E-state index contributed by atoms with van der Waals surface area (Å²) in [6.45, 7) is 3.17. The molecule has 2 rings (SSSR count). The second kappa shape index (κ2) is 6.57. The highest BCUT2D eigenvalue weighted by Gasteiger charge is 2.33. The van der Waals surface area contributed by atoms with E-state index in [2.05, 4.69) is 28.2 Å². The van der Waals surface area contributed by atoms with E-state index in [9.17, 15) is 5.11 Å². The topological polar surface area (TPSA) is 32.3 Å². The van der Waals surface area contributed by atoms with Crippen molar-refractivity contribution in [2.24, 2.45) is 5.92 Å². The van der Waals surface area contributed by atoms with Crippen molar-refractivity contribution in [2.45, 2.75) is 44.7 Å². The van der Waals surface area contributed by atoms with Gasteiger partial charge in [-0.1, -0.05) is 53.4 Å². The lowest BCUT2D eigenvalue weighted by molar-refractivity contribution is 0.0982. The van der Waals surface area contributed by atoms with Gasteiger partial charge in [-0.2, -0.15) is 0 Å². The van der Waals surface area contributed by atoms with Crippen LogP contribution in [0.1, 0.15) is 38.2 Å². The van der Waals surface area contributed by atoms with E-state index in [4.69, 9.17) is 11.6 Å². The van der Waals surface area contributed by atoms with Crippen LogP contribution >= 0.6 is 27.5 Å². The summed E-state index contributed by atoms with van der Waals surface area (Å²) in [6.07, 6.45) is 4.53. The zero-order valence-electron chi connectivity index (χ0n) is 11.3. The number of halogens is 2. The minimum atomic E-state index is -0.131. The Hall–Kier alpha value is -0.0900. The maximum atomic E-state index is 9.75. The molecule has 1 fully saturated rings. The Morgan fingerprint density at radius 3 is 2.95 bits per heavy atom. The summed E-state index contributed by atoms with van der Waals surface area (Å²) >= 11 is 9.64. The molecule has 1 aromatic rings. The van der Waals surface area contributed by atoms with Crippen LogP contribution in [0, 0.1) is 5.92 Å². The highest BCUT2D eigenvalue weighted by molar-refractivity contribution is 9.10. The summed E-state index contributed by atoms with van der Waals surface area (Å²) in [4.78, 5) is 0. The largest absolute Gasteiger partial charge is 0.394 e. The van der Waals surface area contributed by atoms with Gasteiger partial charge in [0, 0.05) is 21.6 Å². The van der Waals surface area contributed by atoms with Gasteiger partial charge in [-0.05, 0) is 36.5 Å². The minimum absolute atomic E-state index is 0.131. The summed E-state index contributed by atoms with van der Waals surface area (Å²) in [5.41, 5.74) is 0.949. The van der Waals surface area contributed by atoms with Gasteiger partial charge in [-0.15, -0.1) is 0 Å². The predicted octanol–water partition coefficient (Wildman–Crippen LogP) is 4.13. The first kappa shape index (κ1) is 15.3. The van der Waals surface area contributed by atoms with Crippen LogP contribution in [0.4, 0.5) is 0 Å². The van der Waals surface area contributed by atoms with Gasteiger partial charge in [-0.25, -0.2) is 0 Å². The molecule has 0 radical (unpaired) electrons. The van der Waals surface area contributed by atoms with Gasteiger partial charge >= 0.3 is 0 Å². The van der Waals surface area contributed by atoms with Crippen LogP contribution in [0.3, 0.4) is 0 Å². The van der Waals surface area contributed by atoms with Crippen molar-refractivity contribution in [3.8, 4) is 0 Å². The van der Waals surface area contributed by atoms with Gasteiger partial charge in [0.15, 0.2) is 0 Å². The fourth-order valence-corrected chi connectivity index (χ4v) is 3.71. The average Bonchev–Trinajstić information content (AvgIpc) is 2.38. The smallest absolute Gasteiger partial charge is 0.0613 e. The molecule has 1 aliphatic carbocycles. The van der Waals surface area contributed by atoms with Crippen LogP contribution in [-0.4, -0.2) is 17.3 Å². The molecule has 0 amide bonds. The van der Waals surface area contributed by atoms with Crippen molar-refractivity contribution < 1.29 is 5.11 Å². The van der Waals surface area contributed by atoms with Crippen LogP contribution in [0.5, 0.6) is 0 Å². The quantitative estimate of drug-likeness (QED) is 0.859. The molecule has 1 saturated carbocycles. The molecule has 0 bridgehead atoms. The van der Waals surface area contributed by atoms with Crippen molar-refractivity contribution >= 4 is 27.5 Å². The lowest BCUT2D eigenvalue weighted by Gasteiger charge is -2.39. The van der Waals surface area contributed by atoms with Crippen molar-refractivity contribution in [3.63, 3.8) is 0 Å². The lowest BCUT2D eigenvalue weighted by Crippen LogP contribution is -2.51. The van der Waals surface area contributed by atoms with E-state index in [0.717, 1.165) is 27.9 Å². The molecule has 0 spiro atoms. The molecule has 0 saturated heterocycles. The van der Waals surface area contributed by atoms with E-state index in [0.29, 0.717) is 12.5 Å². The van der Waals surface area contributed by atoms with Crippen molar-refractivity contribution in [2.75, 3.05) is 6.61 Å². The molecule has 0 heterocycles. The Bertz CT molecular complexity index is 440. The molecular formula is C15H21BrClNO. The monoisotopic (exact) mass is 345 g/mol. The molecule has 2 N–H and O–H groups in total. The zero-order chi connectivity index (χ0) is 13.9. The highest BCUT2D eigenvalue weighted by atomic mass is 79.9.